The molecule has 6 nitrogen and oxygen atoms in total. The molecule has 1 aromatic rings. The van der Waals surface area contributed by atoms with E-state index in [0.29, 0.717) is 35.5 Å². The summed E-state index contributed by atoms with van der Waals surface area (Å²) >= 11 is 0. The zero-order valence-corrected chi connectivity index (χ0v) is 14.7. The molecule has 1 aromatic heterocycles. The van der Waals surface area contributed by atoms with E-state index in [4.69, 9.17) is 9.47 Å². The first-order valence-corrected chi connectivity index (χ1v) is 8.42. The number of unbranched alkanes of at least 4 members (excludes halogenated alkanes) is 2. The highest BCUT2D eigenvalue weighted by atomic mass is 16.5. The van der Waals surface area contributed by atoms with Crippen molar-refractivity contribution in [1.29, 1.82) is 0 Å². The molecule has 1 aliphatic rings. The van der Waals surface area contributed by atoms with E-state index < -0.39 is 17.9 Å². The normalized spacial score (nSPS) is 19.8. The minimum Gasteiger partial charge on any atom is -0.468 e. The van der Waals surface area contributed by atoms with Crippen LogP contribution in [0.3, 0.4) is 0 Å². The summed E-state index contributed by atoms with van der Waals surface area (Å²) in [5.74, 6) is -2.25. The summed E-state index contributed by atoms with van der Waals surface area (Å²) in [4.78, 5) is 39.9. The fraction of sp³-hybridized carbons (Fsp3) is 0.611. The minimum atomic E-state index is -0.814. The third-order valence-electron chi connectivity index (χ3n) is 4.59. The number of ketones is 1. The van der Waals surface area contributed by atoms with Gasteiger partial charge in [-0.1, -0.05) is 26.7 Å². The molecule has 132 valence electrons. The smallest absolute Gasteiger partial charge is 0.355 e. The van der Waals surface area contributed by atoms with Crippen molar-refractivity contribution in [2.75, 3.05) is 13.7 Å². The summed E-state index contributed by atoms with van der Waals surface area (Å²) in [6, 6.07) is 0. The van der Waals surface area contributed by atoms with Crippen molar-refractivity contribution < 1.29 is 23.9 Å². The Morgan fingerprint density at radius 2 is 2.00 bits per heavy atom. The van der Waals surface area contributed by atoms with Gasteiger partial charge < -0.3 is 14.5 Å². The Balaban J connectivity index is 2.23. The summed E-state index contributed by atoms with van der Waals surface area (Å²) in [5, 5.41) is 0. The fourth-order valence-corrected chi connectivity index (χ4v) is 3.26. The molecule has 0 aliphatic heterocycles. The van der Waals surface area contributed by atoms with E-state index in [1.807, 2.05) is 6.92 Å². The number of nitrogens with one attached hydrogen (secondary N) is 1. The van der Waals surface area contributed by atoms with Crippen molar-refractivity contribution in [3.63, 3.8) is 0 Å². The molecule has 0 aromatic carbocycles. The van der Waals surface area contributed by atoms with Gasteiger partial charge in [0, 0.05) is 11.3 Å². The van der Waals surface area contributed by atoms with E-state index in [-0.39, 0.29) is 11.7 Å². The molecule has 0 unspecified atom stereocenters. The van der Waals surface area contributed by atoms with Gasteiger partial charge in [-0.3, -0.25) is 9.59 Å². The molecule has 1 N–H and O–H groups in total. The van der Waals surface area contributed by atoms with Crippen LogP contribution < -0.4 is 0 Å². The van der Waals surface area contributed by atoms with Crippen LogP contribution >= 0.6 is 0 Å². The molecule has 1 aliphatic carbocycles. The molecular formula is C18H25NO5. The van der Waals surface area contributed by atoms with Gasteiger partial charge in [-0.05, 0) is 31.2 Å². The molecule has 0 bridgehead atoms. The summed E-state index contributed by atoms with van der Waals surface area (Å²) in [5.41, 5.74) is 1.99. The average molecular weight is 335 g/mol. The summed E-state index contributed by atoms with van der Waals surface area (Å²) < 4.78 is 10.0. The Labute approximate surface area is 141 Å². The number of hydrogen-bond acceptors (Lipinski definition) is 5. The van der Waals surface area contributed by atoms with Crippen LogP contribution in [0.15, 0.2) is 0 Å². The molecule has 1 heterocycles. The van der Waals surface area contributed by atoms with Crippen LogP contribution in [0, 0.1) is 18.8 Å². The average Bonchev–Trinajstić information content (AvgIpc) is 2.87. The first-order valence-electron chi connectivity index (χ1n) is 8.42. The number of aromatic amines is 1. The second kappa shape index (κ2) is 7.64. The quantitative estimate of drug-likeness (QED) is 0.491. The Kier molecular flexibility index (Phi) is 5.80. The van der Waals surface area contributed by atoms with Gasteiger partial charge in [0.1, 0.15) is 11.6 Å². The number of carbonyl (C=O) groups is 3. The summed E-state index contributed by atoms with van der Waals surface area (Å²) in [6.07, 6.45) is 3.39. The van der Waals surface area contributed by atoms with Crippen LogP contribution in [-0.4, -0.2) is 36.4 Å². The van der Waals surface area contributed by atoms with Crippen LogP contribution in [0.25, 0.3) is 0 Å². The molecule has 0 saturated heterocycles. The number of ether oxygens (including phenoxy) is 2. The van der Waals surface area contributed by atoms with Crippen LogP contribution in [-0.2, 0) is 20.7 Å². The highest BCUT2D eigenvalue weighted by molar-refractivity contribution is 6.12. The first-order chi connectivity index (χ1) is 11.4. The largest absolute Gasteiger partial charge is 0.468 e. The maximum atomic E-state index is 12.7. The number of methoxy groups -OCH3 is 1. The van der Waals surface area contributed by atoms with Crippen molar-refractivity contribution >= 4 is 17.7 Å². The molecule has 0 saturated carbocycles. The van der Waals surface area contributed by atoms with Gasteiger partial charge in [-0.2, -0.15) is 0 Å². The van der Waals surface area contributed by atoms with Crippen LogP contribution in [0.4, 0.5) is 0 Å². The predicted molar refractivity (Wildman–Crippen MR) is 88.0 cm³/mol. The zero-order valence-electron chi connectivity index (χ0n) is 14.7. The lowest BCUT2D eigenvalue weighted by molar-refractivity contribution is -0.145. The van der Waals surface area contributed by atoms with Gasteiger partial charge in [-0.15, -0.1) is 0 Å². The number of H-pyrrole nitrogens is 1. The highest BCUT2D eigenvalue weighted by Crippen LogP contribution is 2.34. The molecular weight excluding hydrogens is 310 g/mol. The number of esters is 2. The molecule has 2 atom stereocenters. The molecule has 2 rings (SSSR count). The van der Waals surface area contributed by atoms with E-state index in [1.54, 1.807) is 6.92 Å². The third kappa shape index (κ3) is 3.37. The molecule has 6 heteroatoms. The lowest BCUT2D eigenvalue weighted by Crippen LogP contribution is -2.36. The molecule has 0 fully saturated rings. The number of aromatic nitrogens is 1. The molecule has 0 amide bonds. The molecule has 0 radical (unpaired) electrons. The Morgan fingerprint density at radius 3 is 2.62 bits per heavy atom. The summed E-state index contributed by atoms with van der Waals surface area (Å²) in [7, 11) is 1.28. The monoisotopic (exact) mass is 335 g/mol. The van der Waals surface area contributed by atoms with Gasteiger partial charge in [0.2, 0.25) is 0 Å². The van der Waals surface area contributed by atoms with Crippen molar-refractivity contribution in [1.82, 2.24) is 4.98 Å². The standard InChI is InChI=1S/C18H25NO5/c1-5-6-7-8-24-18(22)15-11(3)14-12(19-15)9-10(2)13(16(14)20)17(21)23-4/h10,13,19H,5-9H2,1-4H3/t10-,13+/m1/s1. The number of carbonyl (C=O) groups excluding carboxylic acids is 3. The van der Waals surface area contributed by atoms with E-state index in [1.165, 1.54) is 7.11 Å². The molecule has 24 heavy (non-hydrogen) atoms. The lowest BCUT2D eigenvalue weighted by atomic mass is 9.77. The second-order valence-corrected chi connectivity index (χ2v) is 6.37. The van der Waals surface area contributed by atoms with Gasteiger partial charge in [0.25, 0.3) is 0 Å². The van der Waals surface area contributed by atoms with E-state index in [2.05, 4.69) is 11.9 Å². The third-order valence-corrected chi connectivity index (χ3v) is 4.59. The van der Waals surface area contributed by atoms with Gasteiger partial charge in [-0.25, -0.2) is 4.79 Å². The summed E-state index contributed by atoms with van der Waals surface area (Å²) in [6.45, 7) is 5.99. The Morgan fingerprint density at radius 1 is 1.29 bits per heavy atom. The van der Waals surface area contributed by atoms with E-state index >= 15 is 0 Å². The van der Waals surface area contributed by atoms with Crippen molar-refractivity contribution in [3.05, 3.63) is 22.5 Å². The highest BCUT2D eigenvalue weighted by Gasteiger charge is 2.41. The van der Waals surface area contributed by atoms with Gasteiger partial charge in [0.05, 0.1) is 13.7 Å². The minimum absolute atomic E-state index is 0.177. The number of fused-ring (bicyclic) bond motifs is 1. The van der Waals surface area contributed by atoms with E-state index in [9.17, 15) is 14.4 Å². The lowest BCUT2D eigenvalue weighted by Gasteiger charge is -2.25. The second-order valence-electron chi connectivity index (χ2n) is 6.37. The predicted octanol–water partition coefficient (Wildman–Crippen LogP) is 2.83. The maximum absolute atomic E-state index is 12.7. The van der Waals surface area contributed by atoms with Crippen LogP contribution in [0.5, 0.6) is 0 Å². The van der Waals surface area contributed by atoms with E-state index in [0.717, 1.165) is 19.3 Å². The Bertz CT molecular complexity index is 646. The van der Waals surface area contributed by atoms with Crippen molar-refractivity contribution in [2.24, 2.45) is 11.8 Å². The Hall–Kier alpha value is -2.11. The number of Topliss-reactive ketones (excluding diaryl/α,β-unsaturated/α-hetero) is 1. The number of rotatable bonds is 6. The van der Waals surface area contributed by atoms with Crippen LogP contribution in [0.2, 0.25) is 0 Å². The van der Waals surface area contributed by atoms with Crippen molar-refractivity contribution in [3.8, 4) is 0 Å². The molecule has 0 spiro atoms. The van der Waals surface area contributed by atoms with Crippen molar-refractivity contribution in [2.45, 2.75) is 46.5 Å². The number of hydrogen-bond donors (Lipinski definition) is 1. The SMILES string of the molecule is CCCCCOC(=O)c1[nH]c2c(c1C)C(=O)[C@@H](C(=O)OC)[C@H](C)C2. The zero-order chi connectivity index (χ0) is 17.9. The first kappa shape index (κ1) is 18.2. The van der Waals surface area contributed by atoms with Crippen LogP contribution in [0.1, 0.15) is 65.2 Å². The van der Waals surface area contributed by atoms with Gasteiger partial charge in [0.15, 0.2) is 5.78 Å². The maximum Gasteiger partial charge on any atom is 0.355 e. The topological polar surface area (TPSA) is 85.5 Å². The van der Waals surface area contributed by atoms with Gasteiger partial charge >= 0.3 is 11.9 Å². The fourth-order valence-electron chi connectivity index (χ4n) is 3.26.